The largest absolute Gasteiger partial charge is 0.456 e. The molecular formula is C26H22N2O4. The van der Waals surface area contributed by atoms with E-state index in [1.54, 1.807) is 12.1 Å². The molecule has 32 heavy (non-hydrogen) atoms. The molecule has 6 heteroatoms. The number of esters is 1. The molecule has 4 rings (SSSR count). The minimum absolute atomic E-state index is 0.320. The molecule has 1 heterocycles. The number of rotatable bonds is 7. The summed E-state index contributed by atoms with van der Waals surface area (Å²) >= 11 is 0. The van der Waals surface area contributed by atoms with Gasteiger partial charge in [0, 0.05) is 16.5 Å². The first-order valence-electron chi connectivity index (χ1n) is 10.2. The van der Waals surface area contributed by atoms with Crippen LogP contribution in [-0.2, 0) is 9.53 Å². The minimum atomic E-state index is -0.679. The molecule has 160 valence electrons. The molecule has 2 N–H and O–H groups in total. The number of aromatic amines is 1. The molecule has 0 aliphatic heterocycles. The van der Waals surface area contributed by atoms with E-state index in [2.05, 4.69) is 10.3 Å². The summed E-state index contributed by atoms with van der Waals surface area (Å²) in [5, 5.41) is 3.30. The zero-order valence-electron chi connectivity index (χ0n) is 17.6. The van der Waals surface area contributed by atoms with E-state index in [1.165, 1.54) is 0 Å². The smallest absolute Gasteiger partial charge is 0.325 e. The third-order valence-corrected chi connectivity index (χ3v) is 5.19. The molecule has 0 radical (unpaired) electrons. The van der Waals surface area contributed by atoms with Crippen molar-refractivity contribution in [3.63, 3.8) is 0 Å². The number of nitrogens with one attached hydrogen (secondary N) is 2. The number of carbonyl (C=O) groups excluding carboxylic acids is 3. The zero-order valence-corrected chi connectivity index (χ0v) is 17.6. The maximum Gasteiger partial charge on any atom is 0.325 e. The van der Waals surface area contributed by atoms with Crippen LogP contribution in [0.15, 0.2) is 78.9 Å². The maximum atomic E-state index is 13.0. The Morgan fingerprint density at radius 3 is 2.34 bits per heavy atom. The second-order valence-electron chi connectivity index (χ2n) is 7.37. The van der Waals surface area contributed by atoms with E-state index >= 15 is 0 Å². The number of carbonyl (C=O) groups is 3. The number of aryl methyl sites for hydroxylation is 1. The quantitative estimate of drug-likeness (QED) is 0.341. The summed E-state index contributed by atoms with van der Waals surface area (Å²) in [6.45, 7) is 1.08. The highest BCUT2D eigenvalue weighted by Crippen LogP contribution is 2.30. The van der Waals surface area contributed by atoms with Gasteiger partial charge in [0.25, 0.3) is 5.91 Å². The summed E-state index contributed by atoms with van der Waals surface area (Å²) in [6.07, 6.45) is 0. The fourth-order valence-electron chi connectivity index (χ4n) is 3.60. The van der Waals surface area contributed by atoms with Crippen LogP contribution in [0.3, 0.4) is 0 Å². The number of amides is 1. The van der Waals surface area contributed by atoms with Gasteiger partial charge in [-0.05, 0) is 30.2 Å². The summed E-state index contributed by atoms with van der Waals surface area (Å²) in [7, 11) is 0. The number of Topliss-reactive ketones (excluding diaryl/α,β-unsaturated/α-hetero) is 1. The highest BCUT2D eigenvalue weighted by atomic mass is 16.5. The van der Waals surface area contributed by atoms with Crippen LogP contribution >= 0.6 is 0 Å². The van der Waals surface area contributed by atoms with Crippen molar-refractivity contribution in [2.45, 2.75) is 6.92 Å². The highest BCUT2D eigenvalue weighted by molar-refractivity contribution is 6.14. The molecule has 4 aromatic rings. The lowest BCUT2D eigenvalue weighted by Crippen LogP contribution is -2.31. The molecule has 0 saturated carbocycles. The Labute approximate surface area is 185 Å². The van der Waals surface area contributed by atoms with E-state index in [1.807, 2.05) is 73.7 Å². The molecule has 0 unspecified atom stereocenters. The van der Waals surface area contributed by atoms with Crippen LogP contribution < -0.4 is 5.32 Å². The molecule has 0 aliphatic rings. The highest BCUT2D eigenvalue weighted by Gasteiger charge is 2.21. The first-order valence-corrected chi connectivity index (χ1v) is 10.2. The van der Waals surface area contributed by atoms with Gasteiger partial charge < -0.3 is 15.0 Å². The van der Waals surface area contributed by atoms with E-state index in [9.17, 15) is 14.4 Å². The molecule has 1 aromatic heterocycles. The van der Waals surface area contributed by atoms with Crippen LogP contribution in [0.1, 0.15) is 26.3 Å². The van der Waals surface area contributed by atoms with Crippen molar-refractivity contribution in [3.8, 4) is 11.3 Å². The van der Waals surface area contributed by atoms with Crippen LogP contribution in [0.4, 0.5) is 0 Å². The first kappa shape index (κ1) is 21.1. The van der Waals surface area contributed by atoms with Crippen molar-refractivity contribution >= 4 is 28.6 Å². The summed E-state index contributed by atoms with van der Waals surface area (Å²) in [6, 6.07) is 24.1. The van der Waals surface area contributed by atoms with Gasteiger partial charge in [-0.1, -0.05) is 66.7 Å². The number of aromatic nitrogens is 1. The van der Waals surface area contributed by atoms with Gasteiger partial charge in [-0.25, -0.2) is 0 Å². The molecule has 0 fully saturated rings. The average molecular weight is 426 g/mol. The van der Waals surface area contributed by atoms with E-state index in [-0.39, 0.29) is 18.2 Å². The van der Waals surface area contributed by atoms with E-state index in [0.717, 1.165) is 22.0 Å². The van der Waals surface area contributed by atoms with Crippen molar-refractivity contribution < 1.29 is 19.1 Å². The van der Waals surface area contributed by atoms with Crippen molar-refractivity contribution in [2.24, 2.45) is 0 Å². The fraction of sp³-hybridized carbons (Fsp3) is 0.115. The lowest BCUT2D eigenvalue weighted by atomic mass is 10.0. The number of ether oxygens (including phenoxy) is 1. The molecule has 0 bridgehead atoms. The number of para-hydroxylation sites is 1. The Kier molecular flexibility index (Phi) is 6.12. The topological polar surface area (TPSA) is 88.3 Å². The van der Waals surface area contributed by atoms with Crippen LogP contribution in [0.5, 0.6) is 0 Å². The SMILES string of the molecule is Cc1ccccc1C(=O)NCC(=O)OCC(=O)c1c(-c2ccccc2)[nH]c2ccccc12. The predicted molar refractivity (Wildman–Crippen MR) is 123 cm³/mol. The standard InChI is InChI=1S/C26H22N2O4/c1-17-9-5-6-12-19(17)26(31)27-15-23(30)32-16-22(29)24-20-13-7-8-14-21(20)28-25(24)18-10-3-2-4-11-18/h2-14,28H,15-16H2,1H3,(H,27,31). The van der Waals surface area contributed by atoms with Gasteiger partial charge in [-0.2, -0.15) is 0 Å². The molecule has 3 aromatic carbocycles. The van der Waals surface area contributed by atoms with Gasteiger partial charge in [0.2, 0.25) is 5.78 Å². The molecule has 6 nitrogen and oxygen atoms in total. The van der Waals surface area contributed by atoms with E-state index in [0.29, 0.717) is 16.8 Å². The Morgan fingerprint density at radius 1 is 0.875 bits per heavy atom. The lowest BCUT2D eigenvalue weighted by molar-refractivity contribution is -0.141. The third-order valence-electron chi connectivity index (χ3n) is 5.19. The normalized spacial score (nSPS) is 10.7. The molecule has 1 amide bonds. The van der Waals surface area contributed by atoms with E-state index in [4.69, 9.17) is 4.74 Å². The second-order valence-corrected chi connectivity index (χ2v) is 7.37. The van der Waals surface area contributed by atoms with Gasteiger partial charge >= 0.3 is 5.97 Å². The van der Waals surface area contributed by atoms with Crippen LogP contribution in [0.2, 0.25) is 0 Å². The Bertz CT molecular complexity index is 1290. The van der Waals surface area contributed by atoms with Crippen molar-refractivity contribution in [1.29, 1.82) is 0 Å². The number of fused-ring (bicyclic) bond motifs is 1. The number of H-pyrrole nitrogens is 1. The van der Waals surface area contributed by atoms with Crippen molar-refractivity contribution in [3.05, 3.63) is 95.6 Å². The van der Waals surface area contributed by atoms with Gasteiger partial charge in [0.1, 0.15) is 6.54 Å². The average Bonchev–Trinajstić information content (AvgIpc) is 3.21. The van der Waals surface area contributed by atoms with Crippen LogP contribution in [0.25, 0.3) is 22.2 Å². The number of ketones is 1. The summed E-state index contributed by atoms with van der Waals surface area (Å²) in [4.78, 5) is 40.7. The number of benzene rings is 3. The summed E-state index contributed by atoms with van der Waals surface area (Å²) in [5.41, 5.74) is 4.14. The Morgan fingerprint density at radius 2 is 1.56 bits per heavy atom. The van der Waals surface area contributed by atoms with Gasteiger partial charge in [0.05, 0.1) is 11.3 Å². The number of hydrogen-bond acceptors (Lipinski definition) is 4. The van der Waals surface area contributed by atoms with Crippen LogP contribution in [0, 0.1) is 6.92 Å². The lowest BCUT2D eigenvalue weighted by Gasteiger charge is -2.08. The molecule has 0 saturated heterocycles. The molecule has 0 aliphatic carbocycles. The van der Waals surface area contributed by atoms with Gasteiger partial charge in [0.15, 0.2) is 6.61 Å². The van der Waals surface area contributed by atoms with Crippen molar-refractivity contribution in [2.75, 3.05) is 13.2 Å². The van der Waals surface area contributed by atoms with E-state index < -0.39 is 12.6 Å². The summed E-state index contributed by atoms with van der Waals surface area (Å²) in [5.74, 6) is -1.37. The van der Waals surface area contributed by atoms with Gasteiger partial charge in [-0.15, -0.1) is 0 Å². The molecule has 0 spiro atoms. The van der Waals surface area contributed by atoms with Crippen molar-refractivity contribution in [1.82, 2.24) is 10.3 Å². The zero-order chi connectivity index (χ0) is 22.5. The summed E-state index contributed by atoms with van der Waals surface area (Å²) < 4.78 is 5.17. The predicted octanol–water partition coefficient (Wildman–Crippen LogP) is 4.30. The molecular weight excluding hydrogens is 404 g/mol. The first-order chi connectivity index (χ1) is 15.5. The third kappa shape index (κ3) is 4.44. The van der Waals surface area contributed by atoms with Crippen LogP contribution in [-0.4, -0.2) is 35.8 Å². The van der Waals surface area contributed by atoms with Gasteiger partial charge in [-0.3, -0.25) is 14.4 Å². The molecule has 0 atom stereocenters. The fourth-order valence-corrected chi connectivity index (χ4v) is 3.60. The Hall–Kier alpha value is -4.19. The Balaban J connectivity index is 1.45. The monoisotopic (exact) mass is 426 g/mol. The minimum Gasteiger partial charge on any atom is -0.456 e. The number of hydrogen-bond donors (Lipinski definition) is 2. The second kappa shape index (κ2) is 9.31. The maximum absolute atomic E-state index is 13.0.